The van der Waals surface area contributed by atoms with E-state index >= 15 is 9.59 Å². The number of phosphoric acid groups is 2. The SMILES string of the molecule is CCCCCCCCCCC[C@H](CC(=O)N[C@H]1[C@H](OC[C@H](NC(=O)C[C@@H](CCCCCCCCCCC)OC(=O)CCCCCCCCC)C(=O)[O-])O[C@H](CO[C@@H]2O[C@H](CO)[C@@H](OP(=O)([O-])O)[C@H](O)[C@H]2NC(C)=O)[C@@H](OP(=O)(O)O)[C@@H]1OC(=O)C[C@@H](CCCCCCCCCCC)OC(=O)CCCCCCCCC)OC(=O)CCCCCCCCC.[NH4+].[NH4+]. The number of quaternary nitrogens is 2. The molecular weight excluding hydrogens is 1630 g/mol. The van der Waals surface area contributed by atoms with Crippen molar-refractivity contribution >= 4 is 63.2 Å². The largest absolute Gasteiger partial charge is 0.756 e. The molecule has 15 atom stereocenters. The number of carbonyl (C=O) groups excluding carboxylic acids is 8. The number of carboxylic acids is 1. The number of aliphatic hydroxyl groups excluding tert-OH is 2. The summed E-state index contributed by atoms with van der Waals surface area (Å²) in [5.74, 6) is -7.50. The van der Waals surface area contributed by atoms with E-state index in [1.165, 1.54) is 0 Å². The molecule has 2 aliphatic rings. The highest BCUT2D eigenvalue weighted by atomic mass is 31.2. The van der Waals surface area contributed by atoms with Crippen LogP contribution in [0.4, 0.5) is 0 Å². The third kappa shape index (κ3) is 60.2. The topological polar surface area (TPSA) is 519 Å². The zero-order valence-corrected chi connectivity index (χ0v) is 78.9. The van der Waals surface area contributed by atoms with Gasteiger partial charge >= 0.3 is 31.7 Å². The quantitative estimate of drug-likeness (QED) is 0.0117. The van der Waals surface area contributed by atoms with Crippen LogP contribution in [0.1, 0.15) is 414 Å². The maximum absolute atomic E-state index is 15.3. The fourth-order valence-corrected chi connectivity index (χ4v) is 16.7. The molecule has 3 amide bonds. The molecule has 2 aliphatic heterocycles. The Morgan fingerprint density at radius 3 is 1.08 bits per heavy atom. The van der Waals surface area contributed by atoms with Gasteiger partial charge in [-0.25, -0.2) is 4.57 Å². The second-order valence-electron chi connectivity index (χ2n) is 33.7. The highest BCUT2D eigenvalue weighted by Crippen LogP contribution is 2.44. The molecule has 2 heterocycles. The molecule has 2 rings (SSSR count). The molecule has 0 spiro atoms. The third-order valence-corrected chi connectivity index (χ3v) is 23.4. The lowest BCUT2D eigenvalue weighted by Crippen LogP contribution is -2.68. The van der Waals surface area contributed by atoms with Gasteiger partial charge in [0.05, 0.1) is 51.1 Å². The standard InChI is InChI=1S/C89H165N3O27P2.2H3N/c1-8-14-20-26-32-35-41-44-50-56-69(112-77(97)59-53-47-38-29-23-17-11-4)62-75(95)91-72(87(102)103)66-110-89-82(92-76(96)63-70(57-51-45-42-36-33-27-21-15-9-2)113-78(98)60-54-48-39-30-24-18-12-5)86(117-80(100)64-71(58-52-46-43-37-34-28-22-16-10-3)114-79(99)61-55-49-40-31-25-19-13-6)85(119-121(107,108)109)74(116-89)67-111-88-81(90-68(7)94)83(101)84(73(65-93)115-88)118-120(104,105)106;;/h69-74,81-86,88-89,93,101H,8-67H2,1-7H3,(H,90,94)(H,91,95)(H,92,96)(H,102,103)(H2,104,105,106)(H2,107,108,109);2*1H3/t69-,70-,71-,72+,73-,74-,81-,82-,83-,84-,85-,86-,88-,89-;;/m1../s1. The Balaban J connectivity index is 0.0000744. The van der Waals surface area contributed by atoms with E-state index in [9.17, 15) is 72.8 Å². The van der Waals surface area contributed by atoms with Gasteiger partial charge in [0.25, 0.3) is 7.82 Å². The minimum Gasteiger partial charge on any atom is -0.756 e. The van der Waals surface area contributed by atoms with Crippen molar-refractivity contribution in [1.29, 1.82) is 0 Å². The second kappa shape index (κ2) is 74.4. The van der Waals surface area contributed by atoms with Crippen molar-refractivity contribution in [3.63, 3.8) is 0 Å². The van der Waals surface area contributed by atoms with Gasteiger partial charge in [0.2, 0.25) is 17.7 Å². The van der Waals surface area contributed by atoms with Crippen molar-refractivity contribution in [3.8, 4) is 0 Å². The first kappa shape index (κ1) is 119. The van der Waals surface area contributed by atoms with Crippen LogP contribution in [0.3, 0.4) is 0 Å². The van der Waals surface area contributed by atoms with Gasteiger partial charge in [0.1, 0.15) is 60.9 Å². The molecule has 724 valence electrons. The normalized spacial score (nSPS) is 20.5. The number of rotatable bonds is 79. The van der Waals surface area contributed by atoms with Crippen LogP contribution >= 0.6 is 15.6 Å². The molecule has 34 heteroatoms. The summed E-state index contributed by atoms with van der Waals surface area (Å²) in [6.45, 7) is 10.5. The lowest BCUT2D eigenvalue weighted by atomic mass is 9.95. The van der Waals surface area contributed by atoms with Crippen LogP contribution in [0, 0.1) is 0 Å². The molecule has 0 aliphatic carbocycles. The number of nitrogens with one attached hydrogen (secondary N) is 3. The smallest absolute Gasteiger partial charge is 0.470 e. The van der Waals surface area contributed by atoms with Gasteiger partial charge in [-0.2, -0.15) is 0 Å². The summed E-state index contributed by atoms with van der Waals surface area (Å²) in [7, 11) is -11.6. The van der Waals surface area contributed by atoms with E-state index in [4.69, 9.17) is 46.9 Å². The van der Waals surface area contributed by atoms with E-state index in [1.807, 2.05) is 0 Å². The Bertz CT molecular complexity index is 2830. The number of hydrogen-bond donors (Lipinski definition) is 10. The van der Waals surface area contributed by atoms with Crippen molar-refractivity contribution in [1.82, 2.24) is 28.3 Å². The van der Waals surface area contributed by atoms with Crippen molar-refractivity contribution in [2.45, 2.75) is 500 Å². The molecule has 0 aromatic rings. The summed E-state index contributed by atoms with van der Waals surface area (Å²) in [5, 5.41) is 43.1. The number of ether oxygens (including phenoxy) is 8. The summed E-state index contributed by atoms with van der Waals surface area (Å²) in [5.41, 5.74) is 0. The minimum atomic E-state index is -5.90. The molecule has 2 fully saturated rings. The Kier molecular flexibility index (Phi) is 71.8. The Morgan fingerprint density at radius 1 is 0.407 bits per heavy atom. The molecule has 0 aromatic carbocycles. The number of hydrogen-bond acceptors (Lipinski definition) is 24. The average molecular weight is 1810 g/mol. The Labute approximate surface area is 737 Å². The highest BCUT2D eigenvalue weighted by Gasteiger charge is 2.54. The van der Waals surface area contributed by atoms with Crippen LogP contribution < -0.4 is 38.3 Å². The van der Waals surface area contributed by atoms with Gasteiger partial charge in [0.15, 0.2) is 18.7 Å². The minimum absolute atomic E-state index is 0. The van der Waals surface area contributed by atoms with Gasteiger partial charge in [-0.05, 0) is 57.8 Å². The fourth-order valence-electron chi connectivity index (χ4n) is 15.6. The van der Waals surface area contributed by atoms with Crippen LogP contribution in [-0.2, 0) is 94.4 Å². The van der Waals surface area contributed by atoms with E-state index in [0.29, 0.717) is 44.9 Å². The molecule has 1 unspecified atom stereocenters. The van der Waals surface area contributed by atoms with Gasteiger partial charge in [-0.3, -0.25) is 42.7 Å². The number of carbonyl (C=O) groups is 8. The zero-order chi connectivity index (χ0) is 89.3. The van der Waals surface area contributed by atoms with Crippen LogP contribution in [0.15, 0.2) is 0 Å². The molecule has 2 saturated heterocycles. The molecule has 0 aromatic heterocycles. The van der Waals surface area contributed by atoms with Crippen molar-refractivity contribution in [3.05, 3.63) is 0 Å². The van der Waals surface area contributed by atoms with E-state index in [0.717, 1.165) is 270 Å². The molecule has 0 saturated carbocycles. The molecule has 0 bridgehead atoms. The Hall–Kier alpha value is -4.34. The van der Waals surface area contributed by atoms with Gasteiger partial charge in [-0.15, -0.1) is 0 Å². The molecule has 0 radical (unpaired) electrons. The van der Waals surface area contributed by atoms with Crippen LogP contribution in [0.25, 0.3) is 0 Å². The first-order chi connectivity index (χ1) is 58.1. The maximum Gasteiger partial charge on any atom is 0.470 e. The number of carboxylic acid groups (broad SMARTS) is 1. The third-order valence-electron chi connectivity index (χ3n) is 22.4. The molecule has 32 nitrogen and oxygen atoms in total. The van der Waals surface area contributed by atoms with E-state index in [-0.39, 0.29) is 50.8 Å². The van der Waals surface area contributed by atoms with E-state index in [1.54, 1.807) is 0 Å². The highest BCUT2D eigenvalue weighted by molar-refractivity contribution is 7.46. The lowest BCUT2D eigenvalue weighted by molar-refractivity contribution is -0.316. The fraction of sp³-hybridized carbons (Fsp3) is 0.910. The van der Waals surface area contributed by atoms with Crippen LogP contribution in [0.5, 0.6) is 0 Å². The summed E-state index contributed by atoms with van der Waals surface area (Å²) in [4.78, 5) is 156. The van der Waals surface area contributed by atoms with Crippen molar-refractivity contribution in [2.24, 2.45) is 0 Å². The average Bonchev–Trinajstić information content (AvgIpc) is 0.775. The predicted octanol–water partition coefficient (Wildman–Crippen LogP) is 16.1. The number of aliphatic hydroxyl groups is 2. The zero-order valence-electron chi connectivity index (χ0n) is 77.1. The summed E-state index contributed by atoms with van der Waals surface area (Å²) in [6.07, 6.45) is 24.0. The summed E-state index contributed by atoms with van der Waals surface area (Å²) >= 11 is 0. The van der Waals surface area contributed by atoms with E-state index < -0.39 is 188 Å². The first-order valence-electron chi connectivity index (χ1n) is 47.3. The van der Waals surface area contributed by atoms with Gasteiger partial charge in [-0.1, -0.05) is 311 Å². The summed E-state index contributed by atoms with van der Waals surface area (Å²) in [6, 6.07) is -5.99. The van der Waals surface area contributed by atoms with Crippen molar-refractivity contribution < 1.29 is 129 Å². The lowest BCUT2D eigenvalue weighted by Gasteiger charge is -2.47. The second-order valence-corrected chi connectivity index (χ2v) is 36.0. The monoisotopic (exact) mass is 1800 g/mol. The van der Waals surface area contributed by atoms with Crippen LogP contribution in [0.2, 0.25) is 0 Å². The van der Waals surface area contributed by atoms with Crippen LogP contribution in [-0.4, -0.2) is 178 Å². The number of amides is 3. The predicted molar refractivity (Wildman–Crippen MR) is 469 cm³/mol. The van der Waals surface area contributed by atoms with E-state index in [2.05, 4.69) is 57.5 Å². The maximum atomic E-state index is 15.3. The molecule has 123 heavy (non-hydrogen) atoms. The van der Waals surface area contributed by atoms with Gasteiger partial charge in [0, 0.05) is 26.2 Å². The molecular formula is C89H171N5O27P2. The molecule has 16 N–H and O–H groups in total. The van der Waals surface area contributed by atoms with Gasteiger partial charge < -0.3 is 110 Å². The Morgan fingerprint density at radius 2 is 0.740 bits per heavy atom. The number of phosphoric ester groups is 2. The van der Waals surface area contributed by atoms with Crippen molar-refractivity contribution in [2.75, 3.05) is 19.8 Å². The summed E-state index contributed by atoms with van der Waals surface area (Å²) < 4.78 is 85.4. The number of esters is 4. The number of unbranched alkanes of at least 4 members (excludes halogenated alkanes) is 42. The first-order valence-corrected chi connectivity index (χ1v) is 50.3. The number of aliphatic carboxylic acids is 1.